The number of rotatable bonds is 4. The van der Waals surface area contributed by atoms with Gasteiger partial charge in [0.05, 0.1) is 12.5 Å². The molecule has 0 radical (unpaired) electrons. The van der Waals surface area contributed by atoms with Crippen LogP contribution in [-0.2, 0) is 9.53 Å². The van der Waals surface area contributed by atoms with Gasteiger partial charge < -0.3 is 9.84 Å². The van der Waals surface area contributed by atoms with Crippen LogP contribution in [0.1, 0.15) is 34.1 Å². The number of ether oxygens (including phenoxy) is 1. The maximum Gasteiger partial charge on any atom is 0.311 e. The average molecular weight is 174 g/mol. The van der Waals surface area contributed by atoms with E-state index >= 15 is 0 Å². The fourth-order valence-electron chi connectivity index (χ4n) is 0.520. The molecule has 0 fully saturated rings. The highest BCUT2D eigenvalue weighted by molar-refractivity contribution is 5.72. The van der Waals surface area contributed by atoms with Gasteiger partial charge in [0.15, 0.2) is 0 Å². The van der Waals surface area contributed by atoms with E-state index in [-0.39, 0.29) is 12.6 Å². The summed E-state index contributed by atoms with van der Waals surface area (Å²) in [7, 11) is 0. The van der Waals surface area contributed by atoms with Crippen molar-refractivity contribution in [3.63, 3.8) is 0 Å². The van der Waals surface area contributed by atoms with E-state index in [2.05, 4.69) is 0 Å². The average Bonchev–Trinajstić information content (AvgIpc) is 2.02. The first-order valence-corrected chi connectivity index (χ1v) is 4.26. The summed E-state index contributed by atoms with van der Waals surface area (Å²) in [6.45, 7) is 7.16. The van der Waals surface area contributed by atoms with Gasteiger partial charge >= 0.3 is 5.97 Å². The minimum atomic E-state index is -0.421. The van der Waals surface area contributed by atoms with Gasteiger partial charge in [-0.1, -0.05) is 6.92 Å². The van der Waals surface area contributed by atoms with Crippen LogP contribution in [0, 0.1) is 5.92 Å². The van der Waals surface area contributed by atoms with Crippen molar-refractivity contribution in [2.75, 3.05) is 6.61 Å². The van der Waals surface area contributed by atoms with Crippen molar-refractivity contribution in [3.8, 4) is 0 Å². The molecule has 0 rings (SSSR count). The van der Waals surface area contributed by atoms with E-state index in [1.165, 1.54) is 0 Å². The van der Waals surface area contributed by atoms with Gasteiger partial charge in [-0.2, -0.15) is 0 Å². The summed E-state index contributed by atoms with van der Waals surface area (Å²) in [5.74, 6) is -0.750. The highest BCUT2D eigenvalue weighted by Gasteiger charge is 2.23. The molecule has 12 heavy (non-hydrogen) atoms. The van der Waals surface area contributed by atoms with Gasteiger partial charge in [-0.3, -0.25) is 4.79 Å². The second kappa shape index (κ2) is 4.45. The largest absolute Gasteiger partial charge is 0.459 e. The zero-order valence-corrected chi connectivity index (χ0v) is 8.26. The zero-order valence-electron chi connectivity index (χ0n) is 8.26. The Bertz CT molecular complexity index is 152. The van der Waals surface area contributed by atoms with Crippen LogP contribution >= 0.6 is 0 Å². The SMILES string of the molecule is CCC(C)(C)OC(=O)C(C)CO. The van der Waals surface area contributed by atoms with Crippen molar-refractivity contribution in [2.45, 2.75) is 39.7 Å². The molecule has 0 heterocycles. The van der Waals surface area contributed by atoms with Crippen molar-refractivity contribution >= 4 is 5.97 Å². The summed E-state index contributed by atoms with van der Waals surface area (Å²) in [5.41, 5.74) is -0.416. The van der Waals surface area contributed by atoms with Gasteiger partial charge in [-0.15, -0.1) is 0 Å². The molecular weight excluding hydrogens is 156 g/mol. The van der Waals surface area contributed by atoms with Crippen LogP contribution in [0.25, 0.3) is 0 Å². The normalized spacial score (nSPS) is 14.1. The Morgan fingerprint density at radius 3 is 2.42 bits per heavy atom. The Morgan fingerprint density at radius 2 is 2.08 bits per heavy atom. The highest BCUT2D eigenvalue weighted by atomic mass is 16.6. The second-order valence-electron chi connectivity index (χ2n) is 3.62. The lowest BCUT2D eigenvalue weighted by molar-refractivity contribution is -0.162. The van der Waals surface area contributed by atoms with E-state index in [4.69, 9.17) is 9.84 Å². The minimum Gasteiger partial charge on any atom is -0.459 e. The molecule has 0 aliphatic heterocycles. The third kappa shape index (κ3) is 3.72. The molecule has 0 saturated heterocycles. The molecule has 72 valence electrons. The van der Waals surface area contributed by atoms with Crippen LogP contribution in [0.15, 0.2) is 0 Å². The molecule has 0 saturated carbocycles. The predicted molar refractivity (Wildman–Crippen MR) is 46.7 cm³/mol. The highest BCUT2D eigenvalue weighted by Crippen LogP contribution is 2.15. The quantitative estimate of drug-likeness (QED) is 0.654. The molecule has 0 bridgehead atoms. The Morgan fingerprint density at radius 1 is 1.58 bits per heavy atom. The van der Waals surface area contributed by atoms with E-state index in [0.29, 0.717) is 0 Å². The molecule has 3 nitrogen and oxygen atoms in total. The zero-order chi connectivity index (χ0) is 9.78. The Labute approximate surface area is 73.7 Å². The van der Waals surface area contributed by atoms with Gasteiger partial charge in [0.25, 0.3) is 0 Å². The third-order valence-corrected chi connectivity index (χ3v) is 1.90. The molecule has 1 atom stereocenters. The summed E-state index contributed by atoms with van der Waals surface area (Å²) in [4.78, 5) is 11.2. The molecule has 1 unspecified atom stereocenters. The molecule has 0 aliphatic rings. The standard InChI is InChI=1S/C9H18O3/c1-5-9(3,4)12-8(11)7(2)6-10/h7,10H,5-6H2,1-4H3. The summed E-state index contributed by atoms with van der Waals surface area (Å²) in [6.07, 6.45) is 0.775. The molecule has 1 N–H and O–H groups in total. The number of aliphatic hydroxyl groups is 1. The van der Waals surface area contributed by atoms with E-state index < -0.39 is 11.5 Å². The lowest BCUT2D eigenvalue weighted by atomic mass is 10.1. The van der Waals surface area contributed by atoms with Gasteiger partial charge in [0, 0.05) is 0 Å². The van der Waals surface area contributed by atoms with E-state index in [1.54, 1.807) is 6.92 Å². The first kappa shape index (κ1) is 11.4. The van der Waals surface area contributed by atoms with Crippen LogP contribution in [0.2, 0.25) is 0 Å². The predicted octanol–water partition coefficient (Wildman–Crippen LogP) is 1.35. The molecule has 0 aromatic heterocycles. The number of esters is 1. The van der Waals surface area contributed by atoms with Crippen molar-refractivity contribution < 1.29 is 14.6 Å². The monoisotopic (exact) mass is 174 g/mol. The lowest BCUT2D eigenvalue weighted by Gasteiger charge is -2.24. The number of carbonyl (C=O) groups excluding carboxylic acids is 1. The first-order chi connectivity index (χ1) is 5.43. The first-order valence-electron chi connectivity index (χ1n) is 4.26. The lowest BCUT2D eigenvalue weighted by Crippen LogP contribution is -2.31. The summed E-state index contributed by atoms with van der Waals surface area (Å²) in [5, 5.41) is 8.67. The Hall–Kier alpha value is -0.570. The molecule has 0 aromatic carbocycles. The second-order valence-corrected chi connectivity index (χ2v) is 3.62. The summed E-state index contributed by atoms with van der Waals surface area (Å²) >= 11 is 0. The maximum atomic E-state index is 11.2. The van der Waals surface area contributed by atoms with Gasteiger partial charge in [0.2, 0.25) is 0 Å². The van der Waals surface area contributed by atoms with Crippen molar-refractivity contribution in [1.82, 2.24) is 0 Å². The third-order valence-electron chi connectivity index (χ3n) is 1.90. The Kier molecular flexibility index (Phi) is 4.24. The number of hydrogen-bond acceptors (Lipinski definition) is 3. The van der Waals surface area contributed by atoms with Crippen LogP contribution < -0.4 is 0 Å². The number of aliphatic hydroxyl groups excluding tert-OH is 1. The van der Waals surface area contributed by atoms with Crippen LogP contribution in [0.3, 0.4) is 0 Å². The fraction of sp³-hybridized carbons (Fsp3) is 0.889. The van der Waals surface area contributed by atoms with E-state index in [1.807, 2.05) is 20.8 Å². The van der Waals surface area contributed by atoms with Crippen molar-refractivity contribution in [3.05, 3.63) is 0 Å². The van der Waals surface area contributed by atoms with Crippen molar-refractivity contribution in [2.24, 2.45) is 5.92 Å². The smallest absolute Gasteiger partial charge is 0.311 e. The molecule has 0 spiro atoms. The van der Waals surface area contributed by atoms with Gasteiger partial charge in [-0.05, 0) is 27.2 Å². The van der Waals surface area contributed by atoms with Crippen LogP contribution in [0.4, 0.5) is 0 Å². The maximum absolute atomic E-state index is 11.2. The molecule has 0 amide bonds. The topological polar surface area (TPSA) is 46.5 Å². The van der Waals surface area contributed by atoms with Crippen molar-refractivity contribution in [1.29, 1.82) is 0 Å². The number of hydrogen-bond donors (Lipinski definition) is 1. The molecule has 3 heteroatoms. The molecule has 0 aromatic rings. The summed E-state index contributed by atoms with van der Waals surface area (Å²) in [6, 6.07) is 0. The fourth-order valence-corrected chi connectivity index (χ4v) is 0.520. The van der Waals surface area contributed by atoms with Crippen LogP contribution in [-0.4, -0.2) is 23.3 Å². The molecule has 0 aliphatic carbocycles. The Balaban J connectivity index is 4.00. The van der Waals surface area contributed by atoms with Gasteiger partial charge in [-0.25, -0.2) is 0 Å². The molecular formula is C9H18O3. The van der Waals surface area contributed by atoms with Crippen LogP contribution in [0.5, 0.6) is 0 Å². The number of carbonyl (C=O) groups is 1. The minimum absolute atomic E-state index is 0.154. The van der Waals surface area contributed by atoms with E-state index in [9.17, 15) is 4.79 Å². The van der Waals surface area contributed by atoms with Gasteiger partial charge in [0.1, 0.15) is 5.60 Å². The van der Waals surface area contributed by atoms with E-state index in [0.717, 1.165) is 6.42 Å². The summed E-state index contributed by atoms with van der Waals surface area (Å²) < 4.78 is 5.14.